The first-order valence-electron chi connectivity index (χ1n) is 8.07. The number of nitro groups is 1. The number of nitro benzene ring substituents is 1. The maximum Gasteiger partial charge on any atom is 0.306 e. The van der Waals surface area contributed by atoms with Crippen LogP contribution in [-0.4, -0.2) is 23.3 Å². The van der Waals surface area contributed by atoms with Crippen LogP contribution in [0.4, 0.5) is 25.8 Å². The molecule has 9 heteroatoms. The van der Waals surface area contributed by atoms with Gasteiger partial charge in [-0.1, -0.05) is 6.07 Å². The average molecular weight is 375 g/mol. The van der Waals surface area contributed by atoms with Crippen molar-refractivity contribution in [2.24, 2.45) is 5.92 Å². The molecule has 1 saturated heterocycles. The first-order chi connectivity index (χ1) is 12.8. The lowest BCUT2D eigenvalue weighted by atomic mass is 10.1. The molecule has 0 aliphatic carbocycles. The number of carbonyl (C=O) groups excluding carboxylic acids is 2. The van der Waals surface area contributed by atoms with Crippen molar-refractivity contribution < 1.29 is 23.3 Å². The molecule has 0 radical (unpaired) electrons. The first-order valence-corrected chi connectivity index (χ1v) is 8.07. The Morgan fingerprint density at radius 3 is 2.70 bits per heavy atom. The molecular weight excluding hydrogens is 360 g/mol. The van der Waals surface area contributed by atoms with Crippen LogP contribution >= 0.6 is 0 Å². The number of rotatable bonds is 4. The predicted octanol–water partition coefficient (Wildman–Crippen LogP) is 3.17. The maximum atomic E-state index is 13.5. The van der Waals surface area contributed by atoms with Gasteiger partial charge in [0.05, 0.1) is 16.5 Å². The van der Waals surface area contributed by atoms with Gasteiger partial charge in [-0.3, -0.25) is 19.7 Å². The SMILES string of the molecule is Cc1ccc(F)cc1NC(=O)C1CC(=O)N(c2ccc(F)c([N+](=O)[O-])c2)C1. The van der Waals surface area contributed by atoms with Crippen LogP contribution in [0.3, 0.4) is 0 Å². The summed E-state index contributed by atoms with van der Waals surface area (Å²) in [7, 11) is 0. The minimum absolute atomic E-state index is 0.0121. The molecule has 2 amide bonds. The van der Waals surface area contributed by atoms with Gasteiger partial charge in [-0.25, -0.2) is 4.39 Å². The van der Waals surface area contributed by atoms with Crippen LogP contribution in [0.25, 0.3) is 0 Å². The zero-order chi connectivity index (χ0) is 19.7. The zero-order valence-electron chi connectivity index (χ0n) is 14.2. The van der Waals surface area contributed by atoms with Crippen LogP contribution in [-0.2, 0) is 9.59 Å². The highest BCUT2D eigenvalue weighted by Gasteiger charge is 2.36. The Labute approximate surface area is 152 Å². The molecule has 1 aliphatic heterocycles. The van der Waals surface area contributed by atoms with E-state index in [1.54, 1.807) is 6.92 Å². The van der Waals surface area contributed by atoms with E-state index in [9.17, 15) is 28.5 Å². The zero-order valence-corrected chi connectivity index (χ0v) is 14.2. The third-order valence-electron chi connectivity index (χ3n) is 4.39. The number of amides is 2. The number of hydrogen-bond donors (Lipinski definition) is 1. The monoisotopic (exact) mass is 375 g/mol. The summed E-state index contributed by atoms with van der Waals surface area (Å²) in [6.07, 6.45) is -0.106. The van der Waals surface area contributed by atoms with Crippen molar-refractivity contribution in [2.45, 2.75) is 13.3 Å². The van der Waals surface area contributed by atoms with Crippen LogP contribution in [0.15, 0.2) is 36.4 Å². The van der Waals surface area contributed by atoms with Crippen molar-refractivity contribution in [3.05, 3.63) is 63.7 Å². The van der Waals surface area contributed by atoms with Gasteiger partial charge in [0, 0.05) is 24.7 Å². The van der Waals surface area contributed by atoms with Crippen molar-refractivity contribution in [3.63, 3.8) is 0 Å². The van der Waals surface area contributed by atoms with Crippen molar-refractivity contribution >= 4 is 28.9 Å². The normalized spacial score (nSPS) is 16.5. The Morgan fingerprint density at radius 1 is 1.26 bits per heavy atom. The summed E-state index contributed by atoms with van der Waals surface area (Å²) < 4.78 is 26.8. The number of halogens is 2. The highest BCUT2D eigenvalue weighted by Crippen LogP contribution is 2.30. The van der Waals surface area contributed by atoms with Gasteiger partial charge in [-0.05, 0) is 36.8 Å². The molecule has 1 atom stereocenters. The van der Waals surface area contributed by atoms with E-state index in [1.807, 2.05) is 0 Å². The smallest absolute Gasteiger partial charge is 0.306 e. The van der Waals surface area contributed by atoms with Gasteiger partial charge in [0.15, 0.2) is 0 Å². The van der Waals surface area contributed by atoms with E-state index in [0.717, 1.165) is 12.1 Å². The van der Waals surface area contributed by atoms with Crippen LogP contribution in [0.5, 0.6) is 0 Å². The Kier molecular flexibility index (Phi) is 4.85. The quantitative estimate of drug-likeness (QED) is 0.656. The molecule has 3 rings (SSSR count). The standard InChI is InChI=1S/C18H15F2N3O4/c1-10-2-3-12(19)7-15(10)21-18(25)11-6-17(24)22(9-11)13-4-5-14(20)16(8-13)23(26)27/h2-5,7-8,11H,6,9H2,1H3,(H,21,25). The molecule has 0 aromatic heterocycles. The molecule has 1 heterocycles. The van der Waals surface area contributed by atoms with Gasteiger partial charge >= 0.3 is 5.69 Å². The van der Waals surface area contributed by atoms with E-state index in [1.165, 1.54) is 29.2 Å². The van der Waals surface area contributed by atoms with Crippen molar-refractivity contribution in [1.82, 2.24) is 0 Å². The molecule has 140 valence electrons. The van der Waals surface area contributed by atoms with Gasteiger partial charge in [0.25, 0.3) is 0 Å². The van der Waals surface area contributed by atoms with Gasteiger partial charge in [-0.2, -0.15) is 4.39 Å². The lowest BCUT2D eigenvalue weighted by Crippen LogP contribution is -2.28. The third kappa shape index (κ3) is 3.76. The van der Waals surface area contributed by atoms with Gasteiger partial charge < -0.3 is 10.2 Å². The van der Waals surface area contributed by atoms with Crippen LogP contribution in [0, 0.1) is 34.6 Å². The Morgan fingerprint density at radius 2 is 2.00 bits per heavy atom. The molecule has 1 N–H and O–H groups in total. The molecule has 27 heavy (non-hydrogen) atoms. The largest absolute Gasteiger partial charge is 0.325 e. The molecule has 7 nitrogen and oxygen atoms in total. The fourth-order valence-corrected chi connectivity index (χ4v) is 2.91. The van der Waals surface area contributed by atoms with Crippen molar-refractivity contribution in [1.29, 1.82) is 0 Å². The summed E-state index contributed by atoms with van der Waals surface area (Å²) in [5.74, 6) is -3.10. The number of nitrogens with one attached hydrogen (secondary N) is 1. The average Bonchev–Trinajstić information content (AvgIpc) is 3.00. The topological polar surface area (TPSA) is 92.6 Å². The van der Waals surface area contributed by atoms with E-state index in [0.29, 0.717) is 11.3 Å². The molecule has 0 spiro atoms. The number of benzene rings is 2. The lowest BCUT2D eigenvalue weighted by Gasteiger charge is -2.17. The van der Waals surface area contributed by atoms with Crippen molar-refractivity contribution in [3.8, 4) is 0 Å². The van der Waals surface area contributed by atoms with E-state index in [2.05, 4.69) is 5.32 Å². The second-order valence-electron chi connectivity index (χ2n) is 6.25. The lowest BCUT2D eigenvalue weighted by molar-refractivity contribution is -0.387. The minimum Gasteiger partial charge on any atom is -0.325 e. The maximum absolute atomic E-state index is 13.5. The van der Waals surface area contributed by atoms with Crippen LogP contribution in [0.1, 0.15) is 12.0 Å². The number of aryl methyl sites for hydroxylation is 1. The molecule has 0 bridgehead atoms. The highest BCUT2D eigenvalue weighted by atomic mass is 19.1. The van der Waals surface area contributed by atoms with Crippen molar-refractivity contribution in [2.75, 3.05) is 16.8 Å². The summed E-state index contributed by atoms with van der Waals surface area (Å²) in [5, 5.41) is 13.5. The summed E-state index contributed by atoms with van der Waals surface area (Å²) in [6, 6.07) is 7.10. The molecule has 1 aliphatic rings. The van der Waals surface area contributed by atoms with Gasteiger partial charge in [-0.15, -0.1) is 0 Å². The predicted molar refractivity (Wildman–Crippen MR) is 93.3 cm³/mol. The minimum atomic E-state index is -1.01. The summed E-state index contributed by atoms with van der Waals surface area (Å²) in [6.45, 7) is 1.70. The van der Waals surface area contributed by atoms with E-state index < -0.39 is 40.0 Å². The van der Waals surface area contributed by atoms with Crippen LogP contribution < -0.4 is 10.2 Å². The van der Waals surface area contributed by atoms with E-state index >= 15 is 0 Å². The Bertz CT molecular complexity index is 948. The fourth-order valence-electron chi connectivity index (χ4n) is 2.91. The number of hydrogen-bond acceptors (Lipinski definition) is 4. The van der Waals surface area contributed by atoms with E-state index in [-0.39, 0.29) is 18.7 Å². The Balaban J connectivity index is 1.77. The number of anilines is 2. The number of carbonyl (C=O) groups is 2. The molecule has 2 aromatic rings. The van der Waals surface area contributed by atoms with Gasteiger partial charge in [0.2, 0.25) is 17.6 Å². The Hall–Kier alpha value is -3.36. The number of nitrogens with zero attached hydrogens (tertiary/aromatic N) is 2. The molecule has 0 saturated carbocycles. The third-order valence-corrected chi connectivity index (χ3v) is 4.39. The second kappa shape index (κ2) is 7.10. The van der Waals surface area contributed by atoms with Crippen LogP contribution in [0.2, 0.25) is 0 Å². The molecular formula is C18H15F2N3O4. The highest BCUT2D eigenvalue weighted by molar-refractivity contribution is 6.03. The van der Waals surface area contributed by atoms with Gasteiger partial charge in [0.1, 0.15) is 5.82 Å². The molecule has 1 unspecified atom stereocenters. The summed E-state index contributed by atoms with van der Waals surface area (Å²) in [5.41, 5.74) is 0.373. The summed E-state index contributed by atoms with van der Waals surface area (Å²) in [4.78, 5) is 35.9. The molecule has 2 aromatic carbocycles. The fraction of sp³-hybridized carbons (Fsp3) is 0.222. The molecule has 1 fully saturated rings. The second-order valence-corrected chi connectivity index (χ2v) is 6.25. The van der Waals surface area contributed by atoms with E-state index in [4.69, 9.17) is 0 Å². The first kappa shape index (κ1) is 18.4. The summed E-state index contributed by atoms with van der Waals surface area (Å²) >= 11 is 0.